The van der Waals surface area contributed by atoms with Gasteiger partial charge in [0.1, 0.15) is 18.0 Å². The fraction of sp³-hybridized carbons (Fsp3) is 0.500. The van der Waals surface area contributed by atoms with Crippen molar-refractivity contribution >= 4 is 28.2 Å². The monoisotopic (exact) mass is 623 g/mol. The van der Waals surface area contributed by atoms with Crippen molar-refractivity contribution in [2.24, 2.45) is 0 Å². The average molecular weight is 624 g/mol. The third-order valence-electron chi connectivity index (χ3n) is 9.81. The number of anilines is 2. The van der Waals surface area contributed by atoms with Crippen LogP contribution in [0, 0.1) is 13.5 Å². The highest BCUT2D eigenvalue weighted by Gasteiger charge is 2.35. The van der Waals surface area contributed by atoms with Crippen LogP contribution in [0.4, 0.5) is 11.5 Å². The molecule has 2 aliphatic heterocycles. The number of carbonyl (C=O) groups excluding carboxylic acids is 1. The van der Waals surface area contributed by atoms with Gasteiger partial charge in [0.05, 0.1) is 18.8 Å². The molecule has 2 fully saturated rings. The van der Waals surface area contributed by atoms with E-state index in [1.54, 1.807) is 12.0 Å². The first-order valence-electron chi connectivity index (χ1n) is 16.4. The van der Waals surface area contributed by atoms with Crippen molar-refractivity contribution in [3.8, 4) is 6.01 Å². The molecule has 10 heteroatoms. The fourth-order valence-corrected chi connectivity index (χ4v) is 7.15. The van der Waals surface area contributed by atoms with Gasteiger partial charge in [0.15, 0.2) is 0 Å². The lowest BCUT2D eigenvalue weighted by Gasteiger charge is -2.41. The van der Waals surface area contributed by atoms with Crippen molar-refractivity contribution in [2.75, 3.05) is 69.8 Å². The largest absolute Gasteiger partial charge is 0.456 e. The van der Waals surface area contributed by atoms with Crippen molar-refractivity contribution < 1.29 is 14.3 Å². The smallest absolute Gasteiger partial charge is 0.319 e. The van der Waals surface area contributed by atoms with Gasteiger partial charge < -0.3 is 29.0 Å². The van der Waals surface area contributed by atoms with Gasteiger partial charge in [0, 0.05) is 62.5 Å². The number of fused-ring (bicyclic) bond motifs is 2. The second-order valence-corrected chi connectivity index (χ2v) is 12.8. The minimum Gasteiger partial charge on any atom is -0.456 e. The highest BCUT2D eigenvalue weighted by molar-refractivity contribution is 5.97. The van der Waals surface area contributed by atoms with E-state index in [1.807, 2.05) is 0 Å². The number of aromatic nitrogens is 2. The van der Waals surface area contributed by atoms with Gasteiger partial charge in [-0.05, 0) is 56.3 Å². The molecule has 3 heterocycles. The summed E-state index contributed by atoms with van der Waals surface area (Å²) in [5.41, 5.74) is 4.52. The number of amides is 1. The van der Waals surface area contributed by atoms with E-state index in [0.717, 1.165) is 36.6 Å². The zero-order valence-electron chi connectivity index (χ0n) is 27.3. The van der Waals surface area contributed by atoms with Crippen LogP contribution in [0.25, 0.3) is 15.6 Å². The first-order valence-corrected chi connectivity index (χ1v) is 16.4. The van der Waals surface area contributed by atoms with Gasteiger partial charge >= 0.3 is 6.01 Å². The highest BCUT2D eigenvalue weighted by Crippen LogP contribution is 2.36. The minimum atomic E-state index is -0.247. The predicted molar refractivity (Wildman–Crippen MR) is 181 cm³/mol. The van der Waals surface area contributed by atoms with Crippen molar-refractivity contribution in [1.82, 2.24) is 19.8 Å². The molecule has 3 aliphatic rings. The summed E-state index contributed by atoms with van der Waals surface area (Å²) in [5, 5.41) is 2.50. The summed E-state index contributed by atoms with van der Waals surface area (Å²) in [6, 6.07) is 13.6. The third kappa shape index (κ3) is 6.53. The molecule has 0 spiro atoms. The molecular weight excluding hydrogens is 578 g/mol. The van der Waals surface area contributed by atoms with Gasteiger partial charge in [0.2, 0.25) is 12.5 Å². The molecule has 1 saturated heterocycles. The van der Waals surface area contributed by atoms with Crippen LogP contribution in [0.3, 0.4) is 0 Å². The molecule has 242 valence electrons. The number of carbonyl (C=O) groups is 1. The quantitative estimate of drug-likeness (QED) is 0.228. The molecule has 10 nitrogen and oxygen atoms in total. The van der Waals surface area contributed by atoms with Gasteiger partial charge in [-0.3, -0.25) is 9.69 Å². The lowest BCUT2D eigenvalue weighted by Crippen LogP contribution is -2.56. The molecular formula is C36H45N7O3. The normalized spacial score (nSPS) is 19.0. The molecule has 46 heavy (non-hydrogen) atoms. The third-order valence-corrected chi connectivity index (χ3v) is 9.81. The number of likely N-dealkylation sites (N-methyl/N-ethyl adjacent to an activating group) is 1. The van der Waals surface area contributed by atoms with Crippen molar-refractivity contribution in [2.45, 2.75) is 57.3 Å². The molecule has 0 bridgehead atoms. The van der Waals surface area contributed by atoms with E-state index in [4.69, 9.17) is 26.0 Å². The average Bonchev–Trinajstić information content (AvgIpc) is 3.03. The number of aryl methyl sites for hydroxylation is 1. The second-order valence-electron chi connectivity index (χ2n) is 12.8. The molecule has 6 rings (SSSR count). The van der Waals surface area contributed by atoms with Gasteiger partial charge in [0.25, 0.3) is 0 Å². The second kappa shape index (κ2) is 14.1. The fourth-order valence-electron chi connectivity index (χ4n) is 7.15. The summed E-state index contributed by atoms with van der Waals surface area (Å²) in [7, 11) is 3.85. The molecule has 1 aliphatic carbocycles. The first-order chi connectivity index (χ1) is 22.4. The van der Waals surface area contributed by atoms with Crippen molar-refractivity contribution in [3.05, 3.63) is 77.3 Å². The van der Waals surface area contributed by atoms with Crippen LogP contribution in [-0.4, -0.2) is 104 Å². The number of piperazine rings is 1. The lowest BCUT2D eigenvalue weighted by molar-refractivity contribution is -0.128. The zero-order valence-corrected chi connectivity index (χ0v) is 27.3. The summed E-state index contributed by atoms with van der Waals surface area (Å²) < 4.78 is 12.1. The Morgan fingerprint density at radius 3 is 2.70 bits per heavy atom. The molecule has 2 atom stereocenters. The maximum atomic E-state index is 12.6. The van der Waals surface area contributed by atoms with Crippen LogP contribution in [0.5, 0.6) is 6.01 Å². The van der Waals surface area contributed by atoms with Crippen molar-refractivity contribution in [1.29, 1.82) is 0 Å². The summed E-state index contributed by atoms with van der Waals surface area (Å²) in [4.78, 5) is 35.2. The van der Waals surface area contributed by atoms with E-state index in [-0.39, 0.29) is 24.6 Å². The van der Waals surface area contributed by atoms with Crippen LogP contribution >= 0.6 is 0 Å². The molecule has 1 saturated carbocycles. The van der Waals surface area contributed by atoms with E-state index in [0.29, 0.717) is 44.8 Å². The van der Waals surface area contributed by atoms with Crippen LogP contribution in [0.2, 0.25) is 0 Å². The van der Waals surface area contributed by atoms with Crippen LogP contribution in [0.1, 0.15) is 36.1 Å². The lowest BCUT2D eigenvalue weighted by atomic mass is 9.92. The summed E-state index contributed by atoms with van der Waals surface area (Å²) in [6.07, 6.45) is 5.59. The summed E-state index contributed by atoms with van der Waals surface area (Å²) in [6.45, 7) is 17.9. The number of hydrogen-bond donors (Lipinski definition) is 0. The summed E-state index contributed by atoms with van der Waals surface area (Å²) >= 11 is 0. The maximum absolute atomic E-state index is 12.6. The standard InChI is InChI=1S/C36H45N7O3/c1-6-33(44)43-19-18-42(21-28(43)20-37-3)35-30-16-17-41(32-15-8-12-26-11-7-10-25(2)34(26)32)23-31(30)38-36(39-35)46-29(24-45-5)22-40(4)27-13-9-14-27/h6-8,10-12,15,27-29H,1,9,13-14,16-24H2,2,4-5H3/t28-,29+/m0/s1. The topological polar surface area (TPSA) is 78.6 Å². The number of hydrogen-bond acceptors (Lipinski definition) is 8. The Labute approximate surface area is 272 Å². The van der Waals surface area contributed by atoms with E-state index in [2.05, 4.69) is 76.5 Å². The number of benzene rings is 2. The SMILES string of the molecule is [C-]#[N+]C[C@H]1CN(c2nc(O[C@@H](COC)CN(C)C3CCC3)nc3c2CCN(c2cccc4cccc(C)c24)C3)CCN1C(=O)C=C. The Balaban J connectivity index is 1.35. The van der Waals surface area contributed by atoms with Gasteiger partial charge in [-0.1, -0.05) is 43.3 Å². The molecule has 2 aromatic carbocycles. The Morgan fingerprint density at radius 2 is 1.98 bits per heavy atom. The zero-order chi connectivity index (χ0) is 32.2. The number of methoxy groups -OCH3 is 1. The maximum Gasteiger partial charge on any atom is 0.319 e. The van der Waals surface area contributed by atoms with E-state index in [1.165, 1.54) is 47.4 Å². The molecule has 0 N–H and O–H groups in total. The molecule has 1 amide bonds. The molecule has 1 aromatic heterocycles. The Hall–Kier alpha value is -4.20. The van der Waals surface area contributed by atoms with Crippen molar-refractivity contribution in [3.63, 3.8) is 0 Å². The van der Waals surface area contributed by atoms with Crippen LogP contribution in [-0.2, 0) is 22.5 Å². The van der Waals surface area contributed by atoms with Gasteiger partial charge in [-0.2, -0.15) is 9.97 Å². The Kier molecular flexibility index (Phi) is 9.71. The van der Waals surface area contributed by atoms with Gasteiger partial charge in [-0.15, -0.1) is 0 Å². The molecule has 3 aromatic rings. The minimum absolute atomic E-state index is 0.138. The summed E-state index contributed by atoms with van der Waals surface area (Å²) in [5.74, 6) is 0.707. The Morgan fingerprint density at radius 1 is 1.17 bits per heavy atom. The molecule has 0 radical (unpaired) electrons. The van der Waals surface area contributed by atoms with E-state index < -0.39 is 0 Å². The van der Waals surface area contributed by atoms with Crippen LogP contribution < -0.4 is 14.5 Å². The van der Waals surface area contributed by atoms with E-state index in [9.17, 15) is 4.79 Å². The van der Waals surface area contributed by atoms with Crippen LogP contribution in [0.15, 0.2) is 49.1 Å². The number of nitrogens with zero attached hydrogens (tertiary/aromatic N) is 7. The predicted octanol–water partition coefficient (Wildman–Crippen LogP) is 4.50. The van der Waals surface area contributed by atoms with Gasteiger partial charge in [-0.25, -0.2) is 6.57 Å². The highest BCUT2D eigenvalue weighted by atomic mass is 16.5. The molecule has 0 unspecified atom stereocenters. The van der Waals surface area contributed by atoms with E-state index >= 15 is 0 Å². The number of rotatable bonds is 11. The first kappa shape index (κ1) is 31.8. The Bertz CT molecular complexity index is 1610. The number of ether oxygens (including phenoxy) is 2.